The first-order valence-electron chi connectivity index (χ1n) is 4.57. The number of nitrogens with zero attached hydrogens (tertiary/aromatic N) is 2. The van der Waals surface area contributed by atoms with E-state index in [1.54, 1.807) is 42.2 Å². The smallest absolute Gasteiger partial charge is 0.214 e. The van der Waals surface area contributed by atoms with Gasteiger partial charge in [0.2, 0.25) is 5.78 Å². The summed E-state index contributed by atoms with van der Waals surface area (Å²) in [6, 6.07) is 6.42. The van der Waals surface area contributed by atoms with Crippen LogP contribution in [0.3, 0.4) is 0 Å². The van der Waals surface area contributed by atoms with Crippen molar-refractivity contribution in [2.45, 2.75) is 0 Å². The molecule has 0 saturated carbocycles. The lowest BCUT2D eigenvalue weighted by Gasteiger charge is -2.01. The van der Waals surface area contributed by atoms with Crippen molar-refractivity contribution in [3.8, 4) is 0 Å². The molecule has 1 aromatic carbocycles. The molecule has 2 rings (SSSR count). The van der Waals surface area contributed by atoms with Crippen molar-refractivity contribution in [3.05, 3.63) is 51.8 Å². The number of benzene rings is 1. The van der Waals surface area contributed by atoms with Gasteiger partial charge in [0.1, 0.15) is 5.69 Å². The van der Waals surface area contributed by atoms with Gasteiger partial charge in [-0.25, -0.2) is 0 Å². The molecule has 1 aromatic heterocycles. The van der Waals surface area contributed by atoms with Crippen molar-refractivity contribution >= 4 is 29.0 Å². The summed E-state index contributed by atoms with van der Waals surface area (Å²) in [5.41, 5.74) is 0.722. The number of aryl methyl sites for hydroxylation is 1. The van der Waals surface area contributed by atoms with Crippen LogP contribution in [0.15, 0.2) is 30.5 Å². The molecule has 0 radical (unpaired) electrons. The average molecular weight is 255 g/mol. The number of ketones is 1. The van der Waals surface area contributed by atoms with Crippen molar-refractivity contribution in [1.82, 2.24) is 9.78 Å². The van der Waals surface area contributed by atoms with Crippen molar-refractivity contribution in [3.63, 3.8) is 0 Å². The molecule has 0 N–H and O–H groups in total. The first-order valence-corrected chi connectivity index (χ1v) is 5.33. The Morgan fingerprint density at radius 3 is 2.69 bits per heavy atom. The fraction of sp³-hybridized carbons (Fsp3) is 0.0909. The minimum absolute atomic E-state index is 0.229. The van der Waals surface area contributed by atoms with E-state index < -0.39 is 0 Å². The standard InChI is InChI=1S/C11H8Cl2N2O/c1-15-5-4-10(14-15)11(16)8-6-7(12)2-3-9(8)13/h2-6H,1H3. The van der Waals surface area contributed by atoms with E-state index in [4.69, 9.17) is 23.2 Å². The molecule has 5 heteroatoms. The molecule has 82 valence electrons. The highest BCUT2D eigenvalue weighted by Crippen LogP contribution is 2.22. The summed E-state index contributed by atoms with van der Waals surface area (Å²) in [6.45, 7) is 0. The maximum absolute atomic E-state index is 12.0. The van der Waals surface area contributed by atoms with E-state index in [0.717, 1.165) is 0 Å². The van der Waals surface area contributed by atoms with E-state index in [9.17, 15) is 4.79 Å². The van der Waals surface area contributed by atoms with Gasteiger partial charge in [0.05, 0.1) is 5.02 Å². The van der Waals surface area contributed by atoms with E-state index in [2.05, 4.69) is 5.10 Å². The molecule has 16 heavy (non-hydrogen) atoms. The highest BCUT2D eigenvalue weighted by molar-refractivity contribution is 6.36. The van der Waals surface area contributed by atoms with Gasteiger partial charge in [-0.15, -0.1) is 0 Å². The number of rotatable bonds is 2. The monoisotopic (exact) mass is 254 g/mol. The lowest BCUT2D eigenvalue weighted by molar-refractivity contribution is 0.103. The molecule has 0 bridgehead atoms. The molecule has 2 aromatic rings. The van der Waals surface area contributed by atoms with Crippen LogP contribution in [0.2, 0.25) is 10.0 Å². The Kier molecular flexibility index (Phi) is 2.99. The van der Waals surface area contributed by atoms with Gasteiger partial charge in [-0.1, -0.05) is 23.2 Å². The highest BCUT2D eigenvalue weighted by atomic mass is 35.5. The molecule has 0 unspecified atom stereocenters. The van der Waals surface area contributed by atoms with Gasteiger partial charge < -0.3 is 0 Å². The largest absolute Gasteiger partial charge is 0.287 e. The molecule has 0 saturated heterocycles. The average Bonchev–Trinajstić information content (AvgIpc) is 2.67. The summed E-state index contributed by atoms with van der Waals surface area (Å²) in [4.78, 5) is 12.0. The lowest BCUT2D eigenvalue weighted by atomic mass is 10.1. The molecule has 3 nitrogen and oxygen atoms in total. The summed E-state index contributed by atoms with van der Waals surface area (Å²) in [6.07, 6.45) is 1.70. The van der Waals surface area contributed by atoms with Gasteiger partial charge in [-0.05, 0) is 24.3 Å². The zero-order valence-electron chi connectivity index (χ0n) is 8.45. The first kappa shape index (κ1) is 11.2. The van der Waals surface area contributed by atoms with E-state index in [0.29, 0.717) is 21.3 Å². The van der Waals surface area contributed by atoms with Crippen LogP contribution in [0.4, 0.5) is 0 Å². The Labute approximate surface area is 103 Å². The highest BCUT2D eigenvalue weighted by Gasteiger charge is 2.15. The minimum Gasteiger partial charge on any atom is -0.287 e. The molecule has 1 heterocycles. The number of carbonyl (C=O) groups is 1. The summed E-state index contributed by atoms with van der Waals surface area (Å²) < 4.78 is 1.56. The van der Waals surface area contributed by atoms with Crippen molar-refractivity contribution in [2.24, 2.45) is 7.05 Å². The maximum atomic E-state index is 12.0. The zero-order valence-corrected chi connectivity index (χ0v) is 9.96. The Hall–Kier alpha value is -1.32. The second kappa shape index (κ2) is 4.28. The quantitative estimate of drug-likeness (QED) is 0.773. The van der Waals surface area contributed by atoms with Crippen LogP contribution < -0.4 is 0 Å². The fourth-order valence-corrected chi connectivity index (χ4v) is 1.72. The van der Waals surface area contributed by atoms with Crippen LogP contribution >= 0.6 is 23.2 Å². The number of halogens is 2. The summed E-state index contributed by atoms with van der Waals surface area (Å²) in [5, 5.41) is 4.87. The van der Waals surface area contributed by atoms with Crippen molar-refractivity contribution in [2.75, 3.05) is 0 Å². The first-order chi connectivity index (χ1) is 7.58. The van der Waals surface area contributed by atoms with Crippen LogP contribution in [0, 0.1) is 0 Å². The Balaban J connectivity index is 2.45. The van der Waals surface area contributed by atoms with Crippen molar-refractivity contribution < 1.29 is 4.79 Å². The maximum Gasteiger partial charge on any atom is 0.214 e. The van der Waals surface area contributed by atoms with E-state index in [-0.39, 0.29) is 5.78 Å². The predicted molar refractivity (Wildman–Crippen MR) is 63.1 cm³/mol. The number of hydrogen-bond donors (Lipinski definition) is 0. The Morgan fingerprint density at radius 1 is 1.31 bits per heavy atom. The van der Waals surface area contributed by atoms with E-state index in [1.807, 2.05) is 0 Å². The summed E-state index contributed by atoms with van der Waals surface area (Å²) in [5.74, 6) is -0.229. The molecule has 0 aliphatic carbocycles. The van der Waals surface area contributed by atoms with Gasteiger partial charge in [0, 0.05) is 23.8 Å². The summed E-state index contributed by atoms with van der Waals surface area (Å²) >= 11 is 11.8. The lowest BCUT2D eigenvalue weighted by Crippen LogP contribution is -2.04. The van der Waals surface area contributed by atoms with E-state index >= 15 is 0 Å². The van der Waals surface area contributed by atoms with Gasteiger partial charge >= 0.3 is 0 Å². The molecule has 0 fully saturated rings. The number of carbonyl (C=O) groups excluding carboxylic acids is 1. The third-order valence-electron chi connectivity index (χ3n) is 2.12. The molecule has 0 spiro atoms. The Bertz CT molecular complexity index is 549. The third kappa shape index (κ3) is 2.10. The summed E-state index contributed by atoms with van der Waals surface area (Å²) in [7, 11) is 1.75. The molecule has 0 atom stereocenters. The topological polar surface area (TPSA) is 34.9 Å². The van der Waals surface area contributed by atoms with Gasteiger partial charge in [-0.2, -0.15) is 5.10 Å². The predicted octanol–water partition coefficient (Wildman–Crippen LogP) is 2.96. The molecule has 0 aliphatic rings. The SMILES string of the molecule is Cn1ccc(C(=O)c2cc(Cl)ccc2Cl)n1. The van der Waals surface area contributed by atoms with Crippen LogP contribution in [-0.2, 0) is 7.05 Å². The molecular weight excluding hydrogens is 247 g/mol. The minimum atomic E-state index is -0.229. The van der Waals surface area contributed by atoms with Gasteiger partial charge in [0.15, 0.2) is 0 Å². The van der Waals surface area contributed by atoms with Crippen LogP contribution in [0.1, 0.15) is 16.1 Å². The second-order valence-electron chi connectivity index (χ2n) is 3.33. The van der Waals surface area contributed by atoms with Crippen LogP contribution in [0.5, 0.6) is 0 Å². The zero-order chi connectivity index (χ0) is 11.7. The number of aromatic nitrogens is 2. The molecular formula is C11H8Cl2N2O. The number of hydrogen-bond acceptors (Lipinski definition) is 2. The van der Waals surface area contributed by atoms with Gasteiger partial charge in [-0.3, -0.25) is 9.48 Å². The van der Waals surface area contributed by atoms with E-state index in [1.165, 1.54) is 0 Å². The molecule has 0 aliphatic heterocycles. The normalized spacial score (nSPS) is 10.4. The van der Waals surface area contributed by atoms with Crippen LogP contribution in [-0.4, -0.2) is 15.6 Å². The van der Waals surface area contributed by atoms with Gasteiger partial charge in [0.25, 0.3) is 0 Å². The third-order valence-corrected chi connectivity index (χ3v) is 2.68. The second-order valence-corrected chi connectivity index (χ2v) is 4.17. The molecule has 0 amide bonds. The van der Waals surface area contributed by atoms with Crippen LogP contribution in [0.25, 0.3) is 0 Å². The fourth-order valence-electron chi connectivity index (χ4n) is 1.35. The Morgan fingerprint density at radius 2 is 2.06 bits per heavy atom. The van der Waals surface area contributed by atoms with Crippen molar-refractivity contribution in [1.29, 1.82) is 0 Å².